The predicted molar refractivity (Wildman–Crippen MR) is 71.5 cm³/mol. The van der Waals surface area contributed by atoms with E-state index in [1.165, 1.54) is 0 Å². The smallest absolute Gasteiger partial charge is 0.166 e. The zero-order valence-corrected chi connectivity index (χ0v) is 10.4. The maximum absolute atomic E-state index is 12.3. The first kappa shape index (κ1) is 10.9. The van der Waals surface area contributed by atoms with Crippen LogP contribution in [-0.4, -0.2) is 11.3 Å². The average molecular weight is 245 g/mol. The second-order valence-corrected chi connectivity index (χ2v) is 5.88. The third-order valence-corrected chi connectivity index (χ3v) is 4.60. The Morgan fingerprint density at radius 2 is 2.18 bits per heavy atom. The quantitative estimate of drug-likeness (QED) is 0.843. The molecule has 1 aliphatic rings. The summed E-state index contributed by atoms with van der Waals surface area (Å²) in [5.74, 6) is 0.195. The van der Waals surface area contributed by atoms with Crippen LogP contribution >= 0.6 is 11.3 Å². The van der Waals surface area contributed by atoms with Crippen LogP contribution in [0.5, 0.6) is 0 Å². The Kier molecular flexibility index (Phi) is 2.53. The Bertz CT molecular complexity index is 568. The van der Waals surface area contributed by atoms with E-state index in [2.05, 4.69) is 6.07 Å². The van der Waals surface area contributed by atoms with Gasteiger partial charge in [0.25, 0.3) is 0 Å². The highest BCUT2D eigenvalue weighted by Crippen LogP contribution is 2.34. The summed E-state index contributed by atoms with van der Waals surface area (Å²) >= 11 is 1.63. The summed E-state index contributed by atoms with van der Waals surface area (Å²) in [5, 5.41) is 3.18. The molecule has 3 heteroatoms. The minimum atomic E-state index is -0.226. The van der Waals surface area contributed by atoms with Gasteiger partial charge in [0.15, 0.2) is 5.78 Å². The predicted octanol–water partition coefficient (Wildman–Crippen LogP) is 3.36. The molecule has 1 heterocycles. The average Bonchev–Trinajstić information content (AvgIpc) is 2.74. The van der Waals surface area contributed by atoms with Crippen LogP contribution in [0.15, 0.2) is 29.6 Å². The number of thiophene rings is 1. The molecule has 2 N–H and O–H groups in total. The molecule has 17 heavy (non-hydrogen) atoms. The highest BCUT2D eigenvalue weighted by molar-refractivity contribution is 7.17. The number of ketones is 1. The molecular formula is C14H15NOS. The monoisotopic (exact) mass is 245 g/mol. The molecule has 0 radical (unpaired) electrons. The van der Waals surface area contributed by atoms with Crippen molar-refractivity contribution in [3.63, 3.8) is 0 Å². The molecule has 0 aliphatic heterocycles. The fraction of sp³-hybridized carbons (Fsp3) is 0.357. The van der Waals surface area contributed by atoms with Crippen LogP contribution in [0.3, 0.4) is 0 Å². The van der Waals surface area contributed by atoms with Gasteiger partial charge in [-0.2, -0.15) is 0 Å². The maximum atomic E-state index is 12.3. The highest BCUT2D eigenvalue weighted by Gasteiger charge is 2.35. The van der Waals surface area contributed by atoms with Crippen molar-refractivity contribution >= 4 is 27.2 Å². The largest absolute Gasteiger partial charge is 0.325 e. The molecule has 3 rings (SSSR count). The Balaban J connectivity index is 1.92. The molecule has 2 nitrogen and oxygen atoms in total. The third-order valence-electron chi connectivity index (χ3n) is 3.64. The lowest BCUT2D eigenvalue weighted by Gasteiger charge is -2.37. The van der Waals surface area contributed by atoms with Gasteiger partial charge in [-0.1, -0.05) is 12.1 Å². The molecule has 0 atom stereocenters. The lowest BCUT2D eigenvalue weighted by Crippen LogP contribution is -2.48. The number of rotatable bonds is 3. The third kappa shape index (κ3) is 1.90. The van der Waals surface area contributed by atoms with Gasteiger partial charge in [0.2, 0.25) is 0 Å². The van der Waals surface area contributed by atoms with Gasteiger partial charge in [-0.3, -0.25) is 4.79 Å². The van der Waals surface area contributed by atoms with Gasteiger partial charge < -0.3 is 5.73 Å². The fourth-order valence-electron chi connectivity index (χ4n) is 2.44. The molecule has 1 aromatic carbocycles. The number of Topliss-reactive ketones (excluding diaryl/α,β-unsaturated/α-hetero) is 1. The molecule has 0 unspecified atom stereocenters. The second-order valence-electron chi connectivity index (χ2n) is 4.96. The number of hydrogen-bond donors (Lipinski definition) is 1. The molecule has 2 aromatic rings. The summed E-state index contributed by atoms with van der Waals surface area (Å²) in [7, 11) is 0. The molecule has 1 fully saturated rings. The van der Waals surface area contributed by atoms with Crippen molar-refractivity contribution in [3.05, 3.63) is 35.2 Å². The van der Waals surface area contributed by atoms with Gasteiger partial charge in [0, 0.05) is 22.2 Å². The van der Waals surface area contributed by atoms with E-state index in [1.54, 1.807) is 11.3 Å². The van der Waals surface area contributed by atoms with Crippen LogP contribution in [0.2, 0.25) is 0 Å². The lowest BCUT2D eigenvalue weighted by atomic mass is 9.74. The second kappa shape index (κ2) is 3.93. The van der Waals surface area contributed by atoms with Crippen LogP contribution in [0.1, 0.15) is 36.0 Å². The maximum Gasteiger partial charge on any atom is 0.166 e. The zero-order valence-electron chi connectivity index (χ0n) is 9.61. The van der Waals surface area contributed by atoms with Crippen molar-refractivity contribution in [2.24, 2.45) is 5.73 Å². The van der Waals surface area contributed by atoms with E-state index in [9.17, 15) is 4.79 Å². The van der Waals surface area contributed by atoms with Crippen molar-refractivity contribution in [3.8, 4) is 0 Å². The van der Waals surface area contributed by atoms with Gasteiger partial charge >= 0.3 is 0 Å². The van der Waals surface area contributed by atoms with E-state index < -0.39 is 0 Å². The fourth-order valence-corrected chi connectivity index (χ4v) is 3.37. The van der Waals surface area contributed by atoms with Gasteiger partial charge in [0.05, 0.1) is 0 Å². The lowest BCUT2D eigenvalue weighted by molar-refractivity contribution is 0.0914. The SMILES string of the molecule is NC1(CC(=O)c2cccc3ccsc23)CCC1. The van der Waals surface area contributed by atoms with Crippen LogP contribution in [0.4, 0.5) is 0 Å². The molecule has 0 saturated heterocycles. The Morgan fingerprint density at radius 1 is 1.35 bits per heavy atom. The molecule has 1 saturated carbocycles. The van der Waals surface area contributed by atoms with Crippen LogP contribution in [-0.2, 0) is 0 Å². The minimum Gasteiger partial charge on any atom is -0.325 e. The summed E-state index contributed by atoms with van der Waals surface area (Å²) in [5.41, 5.74) is 6.76. The van der Waals surface area contributed by atoms with E-state index in [0.717, 1.165) is 34.9 Å². The van der Waals surface area contributed by atoms with Crippen molar-refractivity contribution in [1.29, 1.82) is 0 Å². The van der Waals surface area contributed by atoms with E-state index in [-0.39, 0.29) is 11.3 Å². The first-order valence-corrected chi connectivity index (χ1v) is 6.84. The summed E-state index contributed by atoms with van der Waals surface area (Å²) in [6.07, 6.45) is 3.62. The number of hydrogen-bond acceptors (Lipinski definition) is 3. The number of benzene rings is 1. The topological polar surface area (TPSA) is 43.1 Å². The summed E-state index contributed by atoms with van der Waals surface area (Å²) in [6, 6.07) is 7.97. The normalized spacial score (nSPS) is 17.9. The van der Waals surface area contributed by atoms with Gasteiger partial charge in [0.1, 0.15) is 0 Å². The highest BCUT2D eigenvalue weighted by atomic mass is 32.1. The van der Waals surface area contributed by atoms with E-state index in [4.69, 9.17) is 5.73 Å². The van der Waals surface area contributed by atoms with Crippen molar-refractivity contribution in [1.82, 2.24) is 0 Å². The van der Waals surface area contributed by atoms with E-state index in [0.29, 0.717) is 6.42 Å². The van der Waals surface area contributed by atoms with Gasteiger partial charge in [-0.25, -0.2) is 0 Å². The molecule has 0 amide bonds. The summed E-state index contributed by atoms with van der Waals surface area (Å²) in [4.78, 5) is 12.3. The number of nitrogens with two attached hydrogens (primary N) is 1. The number of fused-ring (bicyclic) bond motifs is 1. The first-order chi connectivity index (χ1) is 8.18. The molecule has 0 spiro atoms. The number of carbonyl (C=O) groups excluding carboxylic acids is 1. The molecular weight excluding hydrogens is 230 g/mol. The standard InChI is InChI=1S/C14H15NOS/c15-14(6-2-7-14)9-12(16)11-4-1-3-10-5-8-17-13(10)11/h1,3-5,8H,2,6-7,9,15H2. The molecule has 1 aliphatic carbocycles. The Labute approximate surface area is 104 Å². The van der Waals surface area contributed by atoms with Crippen LogP contribution < -0.4 is 5.73 Å². The molecule has 0 bridgehead atoms. The van der Waals surface area contributed by atoms with Gasteiger partial charge in [-0.15, -0.1) is 11.3 Å². The van der Waals surface area contributed by atoms with E-state index in [1.807, 2.05) is 23.6 Å². The minimum absolute atomic E-state index is 0.195. The summed E-state index contributed by atoms with van der Waals surface area (Å²) in [6.45, 7) is 0. The van der Waals surface area contributed by atoms with Crippen molar-refractivity contribution < 1.29 is 4.79 Å². The van der Waals surface area contributed by atoms with E-state index >= 15 is 0 Å². The number of carbonyl (C=O) groups is 1. The van der Waals surface area contributed by atoms with Gasteiger partial charge in [-0.05, 0) is 42.2 Å². The van der Waals surface area contributed by atoms with Crippen molar-refractivity contribution in [2.75, 3.05) is 0 Å². The van der Waals surface area contributed by atoms with Crippen LogP contribution in [0, 0.1) is 0 Å². The molecule has 88 valence electrons. The Hall–Kier alpha value is -1.19. The van der Waals surface area contributed by atoms with Crippen LogP contribution in [0.25, 0.3) is 10.1 Å². The first-order valence-electron chi connectivity index (χ1n) is 5.96. The zero-order chi connectivity index (χ0) is 11.9. The summed E-state index contributed by atoms with van der Waals surface area (Å²) < 4.78 is 1.10. The molecule has 1 aromatic heterocycles. The Morgan fingerprint density at radius 3 is 2.88 bits per heavy atom. The van der Waals surface area contributed by atoms with Crippen molar-refractivity contribution in [2.45, 2.75) is 31.2 Å².